The van der Waals surface area contributed by atoms with E-state index in [4.69, 9.17) is 0 Å². The van der Waals surface area contributed by atoms with Crippen molar-refractivity contribution < 1.29 is 12.8 Å². The molecular weight excluding hydrogens is 373 g/mol. The molecule has 0 spiro atoms. The van der Waals surface area contributed by atoms with E-state index in [0.29, 0.717) is 4.47 Å². The van der Waals surface area contributed by atoms with Gasteiger partial charge in [0, 0.05) is 36.4 Å². The lowest BCUT2D eigenvalue weighted by Gasteiger charge is -2.23. The Morgan fingerprint density at radius 2 is 2.27 bits per heavy atom. The van der Waals surface area contributed by atoms with Gasteiger partial charge in [-0.2, -0.15) is 0 Å². The molecule has 1 aromatic carbocycles. The highest BCUT2D eigenvalue weighted by Crippen LogP contribution is 2.22. The Kier molecular flexibility index (Phi) is 4.33. The van der Waals surface area contributed by atoms with Crippen molar-refractivity contribution in [1.82, 2.24) is 14.3 Å². The quantitative estimate of drug-likeness (QED) is 0.875. The maximum Gasteiger partial charge on any atom is 0.243 e. The molecule has 0 aliphatic carbocycles. The van der Waals surface area contributed by atoms with Gasteiger partial charge in [0.05, 0.1) is 0 Å². The Balaban J connectivity index is 1.69. The summed E-state index contributed by atoms with van der Waals surface area (Å²) in [6.07, 6.45) is 5.26. The molecule has 1 aromatic heterocycles. The fourth-order valence-corrected chi connectivity index (χ4v) is 4.31. The number of hydrogen-bond donors (Lipinski definition) is 1. The molecule has 0 amide bonds. The zero-order valence-corrected chi connectivity index (χ0v) is 14.1. The molecule has 0 fully saturated rings. The van der Waals surface area contributed by atoms with Crippen molar-refractivity contribution >= 4 is 26.0 Å². The van der Waals surface area contributed by atoms with Crippen molar-refractivity contribution in [2.75, 3.05) is 6.54 Å². The lowest BCUT2D eigenvalue weighted by atomic mass is 9.98. The maximum absolute atomic E-state index is 13.7. The summed E-state index contributed by atoms with van der Waals surface area (Å²) >= 11 is 3.16. The molecule has 3 rings (SSSR count). The summed E-state index contributed by atoms with van der Waals surface area (Å²) in [5.41, 5.74) is 0. The van der Waals surface area contributed by atoms with Gasteiger partial charge in [0.1, 0.15) is 16.5 Å². The number of sulfonamides is 1. The highest BCUT2D eigenvalue weighted by molar-refractivity contribution is 9.10. The molecule has 2 heterocycles. The van der Waals surface area contributed by atoms with Gasteiger partial charge in [-0.05, 0) is 30.5 Å². The number of benzene rings is 1. The summed E-state index contributed by atoms with van der Waals surface area (Å²) in [6.45, 7) is 1.11. The number of imidazole rings is 1. The van der Waals surface area contributed by atoms with Crippen molar-refractivity contribution in [1.29, 1.82) is 0 Å². The number of nitrogens with zero attached hydrogens (tertiary/aromatic N) is 2. The van der Waals surface area contributed by atoms with Gasteiger partial charge >= 0.3 is 0 Å². The topological polar surface area (TPSA) is 64.0 Å². The van der Waals surface area contributed by atoms with Crippen molar-refractivity contribution in [2.24, 2.45) is 5.92 Å². The van der Waals surface area contributed by atoms with Crippen LogP contribution in [0, 0.1) is 11.7 Å². The maximum atomic E-state index is 13.7. The Morgan fingerprint density at radius 3 is 3.09 bits per heavy atom. The predicted molar refractivity (Wildman–Crippen MR) is 83.3 cm³/mol. The lowest BCUT2D eigenvalue weighted by molar-refractivity contribution is 0.379. The summed E-state index contributed by atoms with van der Waals surface area (Å²) in [6, 6.07) is 3.87. The molecule has 0 radical (unpaired) electrons. The first kappa shape index (κ1) is 15.6. The van der Waals surface area contributed by atoms with Gasteiger partial charge in [-0.15, -0.1) is 0 Å². The second kappa shape index (κ2) is 6.10. The van der Waals surface area contributed by atoms with Gasteiger partial charge < -0.3 is 4.57 Å². The first-order chi connectivity index (χ1) is 10.5. The smallest absolute Gasteiger partial charge is 0.243 e. The minimum atomic E-state index is -3.86. The van der Waals surface area contributed by atoms with Crippen LogP contribution in [0.1, 0.15) is 12.2 Å². The van der Waals surface area contributed by atoms with Crippen LogP contribution in [0.2, 0.25) is 0 Å². The Bertz CT molecular complexity index is 791. The highest BCUT2D eigenvalue weighted by Gasteiger charge is 2.24. The van der Waals surface area contributed by atoms with Crippen LogP contribution >= 0.6 is 15.9 Å². The molecule has 22 heavy (non-hydrogen) atoms. The van der Waals surface area contributed by atoms with E-state index in [0.717, 1.165) is 31.3 Å². The van der Waals surface area contributed by atoms with E-state index < -0.39 is 15.8 Å². The Labute approximate surface area is 136 Å². The number of hydrogen-bond acceptors (Lipinski definition) is 3. The van der Waals surface area contributed by atoms with E-state index in [2.05, 4.69) is 30.2 Å². The summed E-state index contributed by atoms with van der Waals surface area (Å²) in [4.78, 5) is 3.92. The van der Waals surface area contributed by atoms with Crippen LogP contribution in [-0.4, -0.2) is 24.5 Å². The number of nitrogens with one attached hydrogen (secondary N) is 1. The number of aromatic nitrogens is 2. The Morgan fingerprint density at radius 1 is 1.45 bits per heavy atom. The first-order valence-corrected chi connectivity index (χ1v) is 9.18. The normalized spacial score (nSPS) is 18.2. The SMILES string of the molecule is O=S(=O)(NC[C@H]1CCn2ccnc2C1)c1cc(Br)ccc1F. The van der Waals surface area contributed by atoms with Gasteiger partial charge in [0.15, 0.2) is 0 Å². The van der Waals surface area contributed by atoms with Gasteiger partial charge in [-0.1, -0.05) is 15.9 Å². The third-order valence-corrected chi connectivity index (χ3v) is 5.73. The molecule has 1 aliphatic rings. The minimum Gasteiger partial charge on any atom is -0.335 e. The average molecular weight is 388 g/mol. The largest absolute Gasteiger partial charge is 0.335 e. The summed E-state index contributed by atoms with van der Waals surface area (Å²) in [7, 11) is -3.86. The third kappa shape index (κ3) is 3.23. The molecule has 0 saturated heterocycles. The van der Waals surface area contributed by atoms with Crippen molar-refractivity contribution in [3.8, 4) is 0 Å². The summed E-state index contributed by atoms with van der Waals surface area (Å²) < 4.78 is 43.3. The van der Waals surface area contributed by atoms with Crippen LogP contribution in [0.5, 0.6) is 0 Å². The number of aryl methyl sites for hydroxylation is 1. The molecule has 8 heteroatoms. The van der Waals surface area contributed by atoms with Gasteiger partial charge in [0.2, 0.25) is 10.0 Å². The van der Waals surface area contributed by atoms with E-state index in [-0.39, 0.29) is 17.4 Å². The lowest BCUT2D eigenvalue weighted by Crippen LogP contribution is -2.33. The molecule has 1 N–H and O–H groups in total. The van der Waals surface area contributed by atoms with Crippen molar-refractivity contribution in [2.45, 2.75) is 24.3 Å². The van der Waals surface area contributed by atoms with E-state index in [9.17, 15) is 12.8 Å². The monoisotopic (exact) mass is 387 g/mol. The molecule has 2 aromatic rings. The van der Waals surface area contributed by atoms with Gasteiger partial charge in [-0.3, -0.25) is 0 Å². The standard InChI is InChI=1S/C14H15BrFN3O2S/c15-11-1-2-12(16)13(8-11)22(20,21)18-9-10-3-5-19-6-4-17-14(19)7-10/h1-2,4,6,8,10,18H,3,5,7,9H2/t10-/m0/s1. The van der Waals surface area contributed by atoms with Crippen molar-refractivity contribution in [3.63, 3.8) is 0 Å². The molecule has 0 unspecified atom stereocenters. The fraction of sp³-hybridized carbons (Fsp3) is 0.357. The predicted octanol–water partition coefficient (Wildman–Crippen LogP) is 2.33. The van der Waals surface area contributed by atoms with Crippen molar-refractivity contribution in [3.05, 3.63) is 46.7 Å². The van der Waals surface area contributed by atoms with Crippen LogP contribution in [0.3, 0.4) is 0 Å². The third-order valence-electron chi connectivity index (χ3n) is 3.80. The van der Waals surface area contributed by atoms with E-state index in [1.54, 1.807) is 6.20 Å². The highest BCUT2D eigenvalue weighted by atomic mass is 79.9. The van der Waals surface area contributed by atoms with Crippen LogP contribution < -0.4 is 4.72 Å². The van der Waals surface area contributed by atoms with Crippen LogP contribution in [0.25, 0.3) is 0 Å². The molecule has 1 aliphatic heterocycles. The zero-order valence-electron chi connectivity index (χ0n) is 11.7. The molecule has 5 nitrogen and oxygen atoms in total. The fourth-order valence-electron chi connectivity index (χ4n) is 2.58. The van der Waals surface area contributed by atoms with Gasteiger partial charge in [0.25, 0.3) is 0 Å². The second-order valence-electron chi connectivity index (χ2n) is 5.32. The van der Waals surface area contributed by atoms with E-state index >= 15 is 0 Å². The zero-order chi connectivity index (χ0) is 15.7. The van der Waals surface area contributed by atoms with Crippen LogP contribution in [0.4, 0.5) is 4.39 Å². The number of fused-ring (bicyclic) bond motifs is 1. The molecule has 118 valence electrons. The molecule has 1 atom stereocenters. The molecule has 0 saturated carbocycles. The number of rotatable bonds is 4. The van der Waals surface area contributed by atoms with Crippen LogP contribution in [0.15, 0.2) is 40.0 Å². The first-order valence-electron chi connectivity index (χ1n) is 6.90. The Hall–Kier alpha value is -1.25. The summed E-state index contributed by atoms with van der Waals surface area (Å²) in [5.74, 6) is 0.374. The van der Waals surface area contributed by atoms with Crippen LogP contribution in [-0.2, 0) is 23.0 Å². The second-order valence-corrected chi connectivity index (χ2v) is 7.97. The van der Waals surface area contributed by atoms with E-state index in [1.807, 2.05) is 6.20 Å². The minimum absolute atomic E-state index is 0.167. The van der Waals surface area contributed by atoms with Gasteiger partial charge in [-0.25, -0.2) is 22.5 Å². The molecule has 0 bridgehead atoms. The molecular formula is C14H15BrFN3O2S. The average Bonchev–Trinajstić information content (AvgIpc) is 2.95. The van der Waals surface area contributed by atoms with E-state index in [1.165, 1.54) is 12.1 Å². The number of halogens is 2. The summed E-state index contributed by atoms with van der Waals surface area (Å²) in [5, 5.41) is 0.